The first-order valence-electron chi connectivity index (χ1n) is 13.6. The van der Waals surface area contributed by atoms with E-state index in [9.17, 15) is 14.9 Å². The standard InChI is InChI=1S/C31H30N6O5S2/c1-40-24-14-19(15-25(41-2)28(24)42-3)34-26(39)17-43-31-36-35-30(44-31)37-22-10-7-11-23(38)27(22)20(21(16-32)29(37)33)13-12-18-8-5-4-6-9-18/h4-6,8-9,12-15,20H,7,10-11,17,33H2,1-3H3,(H,34,39)/b13-12+. The van der Waals surface area contributed by atoms with E-state index in [1.807, 2.05) is 42.5 Å². The number of anilines is 2. The number of ether oxygens (including phenoxy) is 3. The SMILES string of the molecule is COc1cc(NC(=O)CSc2nnc(N3C(N)=C(C#N)C(/C=C/c4ccccc4)C4=C3CCCC4=O)s2)cc(OC)c1OC. The predicted octanol–water partition coefficient (Wildman–Crippen LogP) is 5.15. The molecule has 13 heteroatoms. The number of hydrogen-bond acceptors (Lipinski definition) is 12. The molecule has 2 aliphatic rings. The number of nitrogens with zero attached hydrogens (tertiary/aromatic N) is 4. The van der Waals surface area contributed by atoms with E-state index in [2.05, 4.69) is 21.6 Å². The van der Waals surface area contributed by atoms with Crippen molar-refractivity contribution in [3.8, 4) is 23.3 Å². The molecule has 0 saturated carbocycles. The third kappa shape index (κ3) is 6.27. The number of carbonyl (C=O) groups is 2. The number of rotatable bonds is 10. The summed E-state index contributed by atoms with van der Waals surface area (Å²) in [6.07, 6.45) is 5.44. The van der Waals surface area contributed by atoms with E-state index in [4.69, 9.17) is 19.9 Å². The Kier molecular flexibility index (Phi) is 9.52. The van der Waals surface area contributed by atoms with E-state index in [1.54, 1.807) is 17.0 Å². The van der Waals surface area contributed by atoms with E-state index in [0.717, 1.165) is 11.3 Å². The fraction of sp³-hybridized carbons (Fsp3) is 0.258. The van der Waals surface area contributed by atoms with Gasteiger partial charge in [-0.2, -0.15) is 5.26 Å². The van der Waals surface area contributed by atoms with E-state index < -0.39 is 5.92 Å². The van der Waals surface area contributed by atoms with Gasteiger partial charge in [0.25, 0.3) is 0 Å². The van der Waals surface area contributed by atoms with E-state index in [0.29, 0.717) is 57.2 Å². The lowest BCUT2D eigenvalue weighted by atomic mass is 9.79. The first-order chi connectivity index (χ1) is 21.4. The van der Waals surface area contributed by atoms with Gasteiger partial charge in [0, 0.05) is 41.4 Å². The molecule has 11 nitrogen and oxygen atoms in total. The Morgan fingerprint density at radius 2 is 1.89 bits per heavy atom. The van der Waals surface area contributed by atoms with Gasteiger partial charge >= 0.3 is 0 Å². The average molecular weight is 631 g/mol. The third-order valence-corrected chi connectivity index (χ3v) is 9.14. The Bertz CT molecular complexity index is 1680. The van der Waals surface area contributed by atoms with Crippen LogP contribution >= 0.6 is 23.1 Å². The zero-order chi connectivity index (χ0) is 31.2. The summed E-state index contributed by atoms with van der Waals surface area (Å²) in [7, 11) is 4.50. The van der Waals surface area contributed by atoms with Crippen LogP contribution in [0.1, 0.15) is 24.8 Å². The monoisotopic (exact) mass is 630 g/mol. The minimum absolute atomic E-state index is 0.0122. The van der Waals surface area contributed by atoms with Crippen molar-refractivity contribution in [2.45, 2.75) is 23.6 Å². The van der Waals surface area contributed by atoms with Crippen LogP contribution in [0, 0.1) is 17.2 Å². The van der Waals surface area contributed by atoms with Crippen LogP contribution in [0.3, 0.4) is 0 Å². The van der Waals surface area contributed by atoms with Crippen LogP contribution in [-0.4, -0.2) is 49.0 Å². The summed E-state index contributed by atoms with van der Waals surface area (Å²) in [6, 6.07) is 15.2. The lowest BCUT2D eigenvalue weighted by molar-refractivity contribution is -0.116. The Hall–Kier alpha value is -4.80. The van der Waals surface area contributed by atoms with Crippen LogP contribution in [0.15, 0.2) is 75.5 Å². The molecule has 3 N–H and O–H groups in total. The fourth-order valence-corrected chi connectivity index (χ4v) is 6.82. The minimum atomic E-state index is -0.556. The number of nitriles is 1. The smallest absolute Gasteiger partial charge is 0.234 e. The predicted molar refractivity (Wildman–Crippen MR) is 170 cm³/mol. The van der Waals surface area contributed by atoms with Crippen molar-refractivity contribution in [3.05, 3.63) is 76.8 Å². The Morgan fingerprint density at radius 1 is 1.16 bits per heavy atom. The molecule has 0 fully saturated rings. The molecule has 1 aliphatic carbocycles. The number of Topliss-reactive ketones (excluding diaryl/α,β-unsaturated/α-hetero) is 1. The van der Waals surface area contributed by atoms with Gasteiger partial charge in [-0.05, 0) is 18.4 Å². The molecule has 1 unspecified atom stereocenters. The summed E-state index contributed by atoms with van der Waals surface area (Å²) in [6.45, 7) is 0. The summed E-state index contributed by atoms with van der Waals surface area (Å²) < 4.78 is 16.6. The number of amides is 1. The molecule has 0 bridgehead atoms. The van der Waals surface area contributed by atoms with Crippen LogP contribution in [0.4, 0.5) is 10.8 Å². The molecule has 5 rings (SSSR count). The Balaban J connectivity index is 1.35. The molecule has 2 aromatic carbocycles. The van der Waals surface area contributed by atoms with Crippen LogP contribution in [-0.2, 0) is 9.59 Å². The number of methoxy groups -OCH3 is 3. The number of ketones is 1. The normalized spacial score (nSPS) is 16.5. The van der Waals surface area contributed by atoms with Gasteiger partial charge < -0.3 is 25.3 Å². The minimum Gasteiger partial charge on any atom is -0.493 e. The molecule has 1 atom stereocenters. The molecule has 1 aliphatic heterocycles. The van der Waals surface area contributed by atoms with Gasteiger partial charge in [-0.25, -0.2) is 0 Å². The zero-order valence-electron chi connectivity index (χ0n) is 24.3. The summed E-state index contributed by atoms with van der Waals surface area (Å²) in [5, 5.41) is 22.0. The highest BCUT2D eigenvalue weighted by atomic mass is 32.2. The van der Waals surface area contributed by atoms with Gasteiger partial charge in [-0.1, -0.05) is 65.6 Å². The quantitative estimate of drug-likeness (QED) is 0.286. The molecule has 1 amide bonds. The molecular weight excluding hydrogens is 601 g/mol. The number of nitrogens with two attached hydrogens (primary N) is 1. The first-order valence-corrected chi connectivity index (χ1v) is 15.4. The maximum Gasteiger partial charge on any atom is 0.234 e. The van der Waals surface area contributed by atoms with Gasteiger partial charge in [-0.3, -0.25) is 14.5 Å². The van der Waals surface area contributed by atoms with Crippen molar-refractivity contribution in [2.24, 2.45) is 11.7 Å². The van der Waals surface area contributed by atoms with Crippen molar-refractivity contribution in [1.29, 1.82) is 5.26 Å². The largest absolute Gasteiger partial charge is 0.493 e. The van der Waals surface area contributed by atoms with Crippen molar-refractivity contribution in [3.63, 3.8) is 0 Å². The Labute approximate surface area is 263 Å². The number of nitrogens with one attached hydrogen (secondary N) is 1. The van der Waals surface area contributed by atoms with Crippen LogP contribution in [0.2, 0.25) is 0 Å². The van der Waals surface area contributed by atoms with Gasteiger partial charge in [-0.15, -0.1) is 10.2 Å². The maximum absolute atomic E-state index is 13.2. The first kappa shape index (κ1) is 30.7. The van der Waals surface area contributed by atoms with Crippen molar-refractivity contribution >= 4 is 51.7 Å². The zero-order valence-corrected chi connectivity index (χ0v) is 26.0. The molecule has 44 heavy (non-hydrogen) atoms. The third-order valence-electron chi connectivity index (χ3n) is 7.10. The van der Waals surface area contributed by atoms with E-state index in [-0.39, 0.29) is 28.8 Å². The summed E-state index contributed by atoms with van der Waals surface area (Å²) in [5.74, 6) is 0.684. The lowest BCUT2D eigenvalue weighted by Crippen LogP contribution is -2.39. The molecule has 2 heterocycles. The number of carbonyl (C=O) groups excluding carboxylic acids is 2. The van der Waals surface area contributed by atoms with Gasteiger partial charge in [0.1, 0.15) is 5.82 Å². The summed E-state index contributed by atoms with van der Waals surface area (Å²) in [4.78, 5) is 27.7. The number of thioether (sulfide) groups is 1. The lowest BCUT2D eigenvalue weighted by Gasteiger charge is -2.37. The summed E-state index contributed by atoms with van der Waals surface area (Å²) in [5.41, 5.74) is 9.61. The number of benzene rings is 2. The maximum atomic E-state index is 13.2. The molecule has 226 valence electrons. The summed E-state index contributed by atoms with van der Waals surface area (Å²) >= 11 is 2.44. The average Bonchev–Trinajstić information content (AvgIpc) is 3.51. The van der Waals surface area contributed by atoms with Gasteiger partial charge in [0.2, 0.25) is 16.8 Å². The highest BCUT2D eigenvalue weighted by Gasteiger charge is 2.39. The second-order valence-electron chi connectivity index (χ2n) is 9.73. The molecule has 1 aromatic heterocycles. The van der Waals surface area contributed by atoms with Crippen molar-refractivity contribution < 1.29 is 23.8 Å². The Morgan fingerprint density at radius 3 is 2.55 bits per heavy atom. The van der Waals surface area contributed by atoms with Crippen LogP contribution in [0.25, 0.3) is 6.08 Å². The van der Waals surface area contributed by atoms with E-state index >= 15 is 0 Å². The molecule has 0 radical (unpaired) electrons. The molecule has 0 saturated heterocycles. The highest BCUT2D eigenvalue weighted by Crippen LogP contribution is 2.44. The topological polar surface area (TPSA) is 153 Å². The number of hydrogen-bond donors (Lipinski definition) is 2. The van der Waals surface area contributed by atoms with Gasteiger partial charge in [0.15, 0.2) is 21.6 Å². The highest BCUT2D eigenvalue weighted by molar-refractivity contribution is 8.01. The number of aromatic nitrogens is 2. The number of allylic oxidation sites excluding steroid dienone is 4. The van der Waals surface area contributed by atoms with Crippen LogP contribution in [0.5, 0.6) is 17.2 Å². The van der Waals surface area contributed by atoms with Crippen molar-refractivity contribution in [2.75, 3.05) is 37.3 Å². The fourth-order valence-electron chi connectivity index (χ4n) is 5.14. The molecule has 3 aromatic rings. The molecular formula is C31H30N6O5S2. The van der Waals surface area contributed by atoms with Crippen LogP contribution < -0.4 is 30.2 Å². The van der Waals surface area contributed by atoms with E-state index in [1.165, 1.54) is 44.4 Å². The second kappa shape index (κ2) is 13.7. The van der Waals surface area contributed by atoms with Crippen molar-refractivity contribution in [1.82, 2.24) is 10.2 Å². The molecule has 0 spiro atoms. The van der Waals surface area contributed by atoms with Gasteiger partial charge in [0.05, 0.1) is 38.7 Å². The second-order valence-corrected chi connectivity index (χ2v) is 11.9.